The molecule has 1 heterocycles. The van der Waals surface area contributed by atoms with E-state index in [1.807, 2.05) is 0 Å². The quantitative estimate of drug-likeness (QED) is 0.624. The summed E-state index contributed by atoms with van der Waals surface area (Å²) in [7, 11) is 0. The lowest BCUT2D eigenvalue weighted by Crippen LogP contribution is -2.28. The molecule has 1 N–H and O–H groups in total. The maximum absolute atomic E-state index is 11.5. The Morgan fingerprint density at radius 1 is 1.62 bits per heavy atom. The number of hydrogen-bond acceptors (Lipinski definition) is 5. The van der Waals surface area contributed by atoms with Crippen molar-refractivity contribution in [2.45, 2.75) is 19.4 Å². The molecule has 1 aliphatic heterocycles. The lowest BCUT2D eigenvalue weighted by atomic mass is 10.1. The van der Waals surface area contributed by atoms with Gasteiger partial charge in [0, 0.05) is 12.1 Å². The number of carbonyl (C=O) groups excluding carboxylic acids is 1. The summed E-state index contributed by atoms with van der Waals surface area (Å²) in [6.45, 7) is 2.14. The molecule has 0 amide bonds. The Bertz CT molecular complexity index is 431. The van der Waals surface area contributed by atoms with Crippen molar-refractivity contribution in [3.05, 3.63) is 28.7 Å². The van der Waals surface area contributed by atoms with E-state index in [-0.39, 0.29) is 12.0 Å². The third-order valence-corrected chi connectivity index (χ3v) is 2.52. The molecule has 5 heteroatoms. The van der Waals surface area contributed by atoms with E-state index in [1.54, 1.807) is 25.1 Å². The van der Waals surface area contributed by atoms with Gasteiger partial charge in [-0.1, -0.05) is 0 Å². The van der Waals surface area contributed by atoms with Gasteiger partial charge in [0.1, 0.15) is 11.7 Å². The first-order valence-corrected chi connectivity index (χ1v) is 5.14. The molecule has 0 aromatic heterocycles. The molecule has 1 unspecified atom stereocenters. The normalized spacial score (nSPS) is 17.4. The van der Waals surface area contributed by atoms with Gasteiger partial charge < -0.3 is 10.1 Å². The van der Waals surface area contributed by atoms with Crippen LogP contribution in [0.4, 0.5) is 11.4 Å². The number of nitroso groups, excluding NO2 is 1. The van der Waals surface area contributed by atoms with Gasteiger partial charge in [0.25, 0.3) is 0 Å². The molecule has 0 fully saturated rings. The predicted octanol–water partition coefficient (Wildman–Crippen LogP) is 1.98. The number of esters is 1. The molecule has 0 bridgehead atoms. The van der Waals surface area contributed by atoms with Crippen LogP contribution < -0.4 is 5.32 Å². The van der Waals surface area contributed by atoms with Crippen LogP contribution in [0, 0.1) is 4.91 Å². The smallest absolute Gasteiger partial charge is 0.328 e. The highest BCUT2D eigenvalue weighted by Gasteiger charge is 2.27. The molecule has 1 aromatic rings. The van der Waals surface area contributed by atoms with Crippen molar-refractivity contribution in [3.8, 4) is 0 Å². The minimum absolute atomic E-state index is 0.265. The Kier molecular flexibility index (Phi) is 2.85. The van der Waals surface area contributed by atoms with Crippen molar-refractivity contribution in [2.24, 2.45) is 5.18 Å². The first-order valence-electron chi connectivity index (χ1n) is 5.14. The molecule has 0 radical (unpaired) electrons. The number of nitrogens with one attached hydrogen (secondary N) is 1. The van der Waals surface area contributed by atoms with E-state index in [4.69, 9.17) is 4.74 Å². The van der Waals surface area contributed by atoms with Crippen molar-refractivity contribution in [3.63, 3.8) is 0 Å². The van der Waals surface area contributed by atoms with E-state index in [0.717, 1.165) is 11.3 Å². The Hall–Kier alpha value is -1.91. The maximum Gasteiger partial charge on any atom is 0.328 e. The Balaban J connectivity index is 2.14. The van der Waals surface area contributed by atoms with Crippen LogP contribution in [0.5, 0.6) is 0 Å². The average Bonchev–Trinajstić information content (AvgIpc) is 2.71. The molecule has 0 saturated carbocycles. The summed E-state index contributed by atoms with van der Waals surface area (Å²) >= 11 is 0. The molecule has 16 heavy (non-hydrogen) atoms. The number of nitrogens with zero attached hydrogens (tertiary/aromatic N) is 1. The molecule has 5 nitrogen and oxygen atoms in total. The van der Waals surface area contributed by atoms with E-state index >= 15 is 0 Å². The molecular weight excluding hydrogens is 208 g/mol. The van der Waals surface area contributed by atoms with Gasteiger partial charge in [0.15, 0.2) is 0 Å². The zero-order chi connectivity index (χ0) is 11.5. The van der Waals surface area contributed by atoms with Crippen LogP contribution in [0.1, 0.15) is 12.5 Å². The Morgan fingerprint density at radius 2 is 2.44 bits per heavy atom. The fraction of sp³-hybridized carbons (Fsp3) is 0.364. The predicted molar refractivity (Wildman–Crippen MR) is 59.6 cm³/mol. The molecule has 84 valence electrons. The van der Waals surface area contributed by atoms with Crippen molar-refractivity contribution >= 4 is 17.3 Å². The fourth-order valence-corrected chi connectivity index (χ4v) is 1.79. The van der Waals surface area contributed by atoms with Gasteiger partial charge in [0.2, 0.25) is 0 Å². The summed E-state index contributed by atoms with van der Waals surface area (Å²) in [6, 6.07) is 4.71. The Labute approximate surface area is 92.8 Å². The molecule has 0 saturated heterocycles. The van der Waals surface area contributed by atoms with Crippen molar-refractivity contribution in [1.29, 1.82) is 0 Å². The fourth-order valence-electron chi connectivity index (χ4n) is 1.79. The van der Waals surface area contributed by atoms with E-state index in [2.05, 4.69) is 10.5 Å². The van der Waals surface area contributed by atoms with Gasteiger partial charge >= 0.3 is 5.97 Å². The number of fused-ring (bicyclic) bond motifs is 1. The molecule has 1 atom stereocenters. The lowest BCUT2D eigenvalue weighted by molar-refractivity contribution is -0.143. The minimum atomic E-state index is -0.350. The molecule has 0 aliphatic carbocycles. The van der Waals surface area contributed by atoms with Crippen molar-refractivity contribution < 1.29 is 9.53 Å². The number of benzene rings is 1. The van der Waals surface area contributed by atoms with Gasteiger partial charge in [-0.2, -0.15) is 0 Å². The van der Waals surface area contributed by atoms with Crippen LogP contribution in [0.25, 0.3) is 0 Å². The third kappa shape index (κ3) is 1.88. The molecule has 0 spiro atoms. The second-order valence-electron chi connectivity index (χ2n) is 3.59. The number of anilines is 1. The van der Waals surface area contributed by atoms with Crippen molar-refractivity contribution in [1.82, 2.24) is 0 Å². The summed E-state index contributed by atoms with van der Waals surface area (Å²) in [6.07, 6.45) is 0.539. The average molecular weight is 220 g/mol. The van der Waals surface area contributed by atoms with Gasteiger partial charge in [0.05, 0.1) is 6.61 Å². The third-order valence-electron chi connectivity index (χ3n) is 2.52. The summed E-state index contributed by atoms with van der Waals surface area (Å²) in [5.74, 6) is -0.265. The summed E-state index contributed by atoms with van der Waals surface area (Å²) in [4.78, 5) is 21.9. The first-order chi connectivity index (χ1) is 7.74. The van der Waals surface area contributed by atoms with Gasteiger partial charge in [-0.25, -0.2) is 4.79 Å². The Morgan fingerprint density at radius 3 is 3.12 bits per heavy atom. The van der Waals surface area contributed by atoms with Gasteiger partial charge in [-0.3, -0.25) is 0 Å². The topological polar surface area (TPSA) is 67.8 Å². The summed E-state index contributed by atoms with van der Waals surface area (Å²) in [5, 5.41) is 5.91. The van der Waals surface area contributed by atoms with Crippen molar-refractivity contribution in [2.75, 3.05) is 11.9 Å². The SMILES string of the molecule is CCOC(=O)C1Cc2cc(N=O)ccc2N1. The number of rotatable bonds is 3. The molecular formula is C11H12N2O3. The number of ether oxygens (including phenoxy) is 1. The van der Waals surface area contributed by atoms with Crippen LogP contribution in [0.15, 0.2) is 23.4 Å². The van der Waals surface area contributed by atoms with Crippen LogP contribution in [0.3, 0.4) is 0 Å². The standard InChI is InChI=1S/C11H12N2O3/c1-2-16-11(14)10-6-7-5-8(13-15)3-4-9(7)12-10/h3-5,10,12H,2,6H2,1H3. The van der Waals surface area contributed by atoms with Crippen LogP contribution >= 0.6 is 0 Å². The maximum atomic E-state index is 11.5. The molecule has 1 aromatic carbocycles. The first kappa shape index (κ1) is 10.6. The van der Waals surface area contributed by atoms with E-state index in [1.165, 1.54) is 0 Å². The second-order valence-corrected chi connectivity index (χ2v) is 3.59. The van der Waals surface area contributed by atoms with Crippen LogP contribution in [-0.4, -0.2) is 18.6 Å². The highest BCUT2D eigenvalue weighted by atomic mass is 16.5. The van der Waals surface area contributed by atoms with E-state index in [9.17, 15) is 9.70 Å². The number of carbonyl (C=O) groups is 1. The van der Waals surface area contributed by atoms with Crippen LogP contribution in [0.2, 0.25) is 0 Å². The second kappa shape index (κ2) is 4.30. The lowest BCUT2D eigenvalue weighted by Gasteiger charge is -2.09. The highest BCUT2D eigenvalue weighted by molar-refractivity contribution is 5.83. The minimum Gasteiger partial charge on any atom is -0.464 e. The highest BCUT2D eigenvalue weighted by Crippen LogP contribution is 2.29. The zero-order valence-corrected chi connectivity index (χ0v) is 8.90. The van der Waals surface area contributed by atoms with Gasteiger partial charge in [-0.15, -0.1) is 4.91 Å². The zero-order valence-electron chi connectivity index (χ0n) is 8.90. The number of hydrogen-bond donors (Lipinski definition) is 1. The van der Waals surface area contributed by atoms with E-state index in [0.29, 0.717) is 18.7 Å². The largest absolute Gasteiger partial charge is 0.464 e. The summed E-state index contributed by atoms with van der Waals surface area (Å²) < 4.78 is 4.93. The molecule has 1 aliphatic rings. The van der Waals surface area contributed by atoms with E-state index < -0.39 is 0 Å². The molecule has 2 rings (SSSR count). The monoisotopic (exact) mass is 220 g/mol. The van der Waals surface area contributed by atoms with Crippen LogP contribution in [-0.2, 0) is 16.0 Å². The summed E-state index contributed by atoms with van der Waals surface area (Å²) in [5.41, 5.74) is 2.17. The van der Waals surface area contributed by atoms with Gasteiger partial charge in [-0.05, 0) is 35.9 Å².